The normalized spacial score (nSPS) is 16.5. The van der Waals surface area contributed by atoms with Gasteiger partial charge < -0.3 is 25.0 Å². The van der Waals surface area contributed by atoms with Crippen molar-refractivity contribution >= 4 is 40.6 Å². The smallest absolute Gasteiger partial charge is 0.338 e. The van der Waals surface area contributed by atoms with Crippen LogP contribution >= 0.6 is 0 Å². The fourth-order valence-corrected chi connectivity index (χ4v) is 5.85. The van der Waals surface area contributed by atoms with Crippen LogP contribution in [0, 0.1) is 0 Å². The molecular formula is C35H45N7O5. The van der Waals surface area contributed by atoms with E-state index in [2.05, 4.69) is 50.8 Å². The molecule has 2 aromatic carbocycles. The second kappa shape index (κ2) is 16.2. The quantitative estimate of drug-likeness (QED) is 0.127. The van der Waals surface area contributed by atoms with Gasteiger partial charge in [-0.25, -0.2) is 19.8 Å². The average Bonchev–Trinajstić information content (AvgIpc) is 3.60. The molecule has 1 atom stereocenters. The topological polar surface area (TPSA) is 121 Å². The number of nitrogens with zero attached hydrogens (tertiary/aromatic N) is 5. The van der Waals surface area contributed by atoms with Crippen LogP contribution in [0.4, 0.5) is 28.7 Å². The molecule has 1 aromatic heterocycles. The summed E-state index contributed by atoms with van der Waals surface area (Å²) in [6, 6.07) is 12.9. The molecule has 12 heteroatoms. The van der Waals surface area contributed by atoms with E-state index in [4.69, 9.17) is 14.3 Å². The number of carbonyl (C=O) groups is 2. The molecule has 12 nitrogen and oxygen atoms in total. The van der Waals surface area contributed by atoms with E-state index < -0.39 is 0 Å². The van der Waals surface area contributed by atoms with E-state index >= 15 is 0 Å². The predicted molar refractivity (Wildman–Crippen MR) is 184 cm³/mol. The average molecular weight is 644 g/mol. The molecule has 0 radical (unpaired) electrons. The van der Waals surface area contributed by atoms with Crippen molar-refractivity contribution in [2.45, 2.75) is 45.6 Å². The van der Waals surface area contributed by atoms with Crippen molar-refractivity contribution in [3.05, 3.63) is 72.6 Å². The maximum Gasteiger partial charge on any atom is 0.338 e. The third kappa shape index (κ3) is 8.38. The van der Waals surface area contributed by atoms with E-state index in [1.165, 1.54) is 12.4 Å². The summed E-state index contributed by atoms with van der Waals surface area (Å²) in [4.78, 5) is 44.8. The first kappa shape index (κ1) is 33.7. The summed E-state index contributed by atoms with van der Waals surface area (Å²) < 4.78 is 11.2. The van der Waals surface area contributed by atoms with Gasteiger partial charge in [0.15, 0.2) is 5.82 Å². The third-order valence-corrected chi connectivity index (χ3v) is 8.30. The number of rotatable bonds is 14. The van der Waals surface area contributed by atoms with Gasteiger partial charge in [-0.05, 0) is 49.2 Å². The van der Waals surface area contributed by atoms with Crippen LogP contribution in [0.5, 0.6) is 5.75 Å². The van der Waals surface area contributed by atoms with Crippen LogP contribution in [0.1, 0.15) is 61.5 Å². The highest BCUT2D eigenvalue weighted by Gasteiger charge is 2.30. The van der Waals surface area contributed by atoms with Crippen LogP contribution < -0.4 is 25.3 Å². The van der Waals surface area contributed by atoms with Crippen molar-refractivity contribution < 1.29 is 23.9 Å². The predicted octanol–water partition coefficient (Wildman–Crippen LogP) is 5.73. The highest BCUT2D eigenvalue weighted by atomic mass is 16.7. The Labute approximate surface area is 276 Å². The first-order valence-electron chi connectivity index (χ1n) is 16.3. The van der Waals surface area contributed by atoms with E-state index in [1.54, 1.807) is 24.3 Å². The number of ether oxygens (including phenoxy) is 2. The molecule has 47 heavy (non-hydrogen) atoms. The molecule has 2 aliphatic rings. The van der Waals surface area contributed by atoms with Crippen molar-refractivity contribution in [3.63, 3.8) is 0 Å². The Kier molecular flexibility index (Phi) is 11.6. The lowest BCUT2D eigenvalue weighted by Crippen LogP contribution is -2.46. The van der Waals surface area contributed by atoms with E-state index in [1.807, 2.05) is 30.3 Å². The summed E-state index contributed by atoms with van der Waals surface area (Å²) >= 11 is 0. The van der Waals surface area contributed by atoms with Gasteiger partial charge in [-0.15, -0.1) is 0 Å². The number of hydrogen-bond donors (Lipinski definition) is 2. The number of anilines is 5. The summed E-state index contributed by atoms with van der Waals surface area (Å²) in [7, 11) is 1.62. The number of aromatic nitrogens is 2. The molecule has 2 fully saturated rings. The molecule has 0 spiro atoms. The summed E-state index contributed by atoms with van der Waals surface area (Å²) in [5.41, 5.74) is 3.58. The summed E-state index contributed by atoms with van der Waals surface area (Å²) in [6.07, 6.45) is 6.35. The minimum absolute atomic E-state index is 0.159. The van der Waals surface area contributed by atoms with E-state index in [0.717, 1.165) is 69.7 Å². The summed E-state index contributed by atoms with van der Waals surface area (Å²) in [5.74, 6) is 1.04. The standard InChI is InChI=1S/C35H45N7O5/c1-5-8-18-46-35(44)26-11-9-10-25(20-26)29-12-19-47-42(29)33-23-32(36-24-37-33)38-28-21-27(39-34(43)7-3)30(22-31(28)45-4)41-16-14-40(13-6-2)15-17-41/h7,9-11,20-24,29H,3,5-6,8,12-19H2,1-2,4H3,(H,39,43)(H,36,37,38). The Balaban J connectivity index is 1.37. The number of esters is 1. The zero-order valence-corrected chi connectivity index (χ0v) is 27.5. The van der Waals surface area contributed by atoms with Crippen LogP contribution in [0.25, 0.3) is 0 Å². The molecule has 250 valence electrons. The summed E-state index contributed by atoms with van der Waals surface area (Å²) in [6.45, 7) is 13.4. The number of unbranched alkanes of at least 4 members (excludes halogenated alkanes) is 1. The zero-order valence-electron chi connectivity index (χ0n) is 27.5. The van der Waals surface area contributed by atoms with Gasteiger partial charge in [0, 0.05) is 44.7 Å². The molecule has 0 aliphatic carbocycles. The second-order valence-corrected chi connectivity index (χ2v) is 11.6. The first-order valence-corrected chi connectivity index (χ1v) is 16.3. The highest BCUT2D eigenvalue weighted by molar-refractivity contribution is 6.02. The van der Waals surface area contributed by atoms with Crippen molar-refractivity contribution in [3.8, 4) is 5.75 Å². The van der Waals surface area contributed by atoms with Gasteiger partial charge in [0.2, 0.25) is 5.91 Å². The van der Waals surface area contributed by atoms with Gasteiger partial charge in [0.1, 0.15) is 17.9 Å². The van der Waals surface area contributed by atoms with Crippen molar-refractivity contribution in [2.24, 2.45) is 0 Å². The molecule has 2 saturated heterocycles. The second-order valence-electron chi connectivity index (χ2n) is 11.6. The van der Waals surface area contributed by atoms with Gasteiger partial charge in [-0.2, -0.15) is 0 Å². The Morgan fingerprint density at radius 2 is 1.89 bits per heavy atom. The Hall–Kier alpha value is -4.68. The SMILES string of the molecule is C=CC(=O)Nc1cc(Nc2cc(N3OCCC3c3cccc(C(=O)OCCCC)c3)ncn2)c(OC)cc1N1CCN(CCC)CC1. The summed E-state index contributed by atoms with van der Waals surface area (Å²) in [5, 5.41) is 8.08. The van der Waals surface area contributed by atoms with Gasteiger partial charge in [-0.3, -0.25) is 14.5 Å². The maximum atomic E-state index is 12.6. The molecule has 1 amide bonds. The van der Waals surface area contributed by atoms with Crippen LogP contribution in [0.2, 0.25) is 0 Å². The fraction of sp³-hybridized carbons (Fsp3) is 0.429. The molecule has 5 rings (SSSR count). The Morgan fingerprint density at radius 1 is 1.06 bits per heavy atom. The van der Waals surface area contributed by atoms with Crippen LogP contribution in [0.15, 0.2) is 61.4 Å². The van der Waals surface area contributed by atoms with Gasteiger partial charge in [-0.1, -0.05) is 39.0 Å². The molecule has 0 bridgehead atoms. The third-order valence-electron chi connectivity index (χ3n) is 8.30. The number of methoxy groups -OCH3 is 1. The lowest BCUT2D eigenvalue weighted by Gasteiger charge is -2.37. The van der Waals surface area contributed by atoms with E-state index in [9.17, 15) is 9.59 Å². The van der Waals surface area contributed by atoms with Crippen LogP contribution in [-0.4, -0.2) is 79.8 Å². The molecule has 1 unspecified atom stereocenters. The number of amides is 1. The lowest BCUT2D eigenvalue weighted by atomic mass is 10.0. The lowest BCUT2D eigenvalue weighted by molar-refractivity contribution is -0.111. The molecule has 2 N–H and O–H groups in total. The van der Waals surface area contributed by atoms with E-state index in [-0.39, 0.29) is 17.9 Å². The molecule has 3 aromatic rings. The maximum absolute atomic E-state index is 12.6. The number of nitrogens with one attached hydrogen (secondary N) is 2. The van der Waals surface area contributed by atoms with Crippen molar-refractivity contribution in [1.29, 1.82) is 0 Å². The molecule has 0 saturated carbocycles. The first-order chi connectivity index (χ1) is 22.9. The molecular weight excluding hydrogens is 598 g/mol. The van der Waals surface area contributed by atoms with Gasteiger partial charge >= 0.3 is 5.97 Å². The number of hydrogen-bond acceptors (Lipinski definition) is 11. The largest absolute Gasteiger partial charge is 0.494 e. The monoisotopic (exact) mass is 643 g/mol. The zero-order chi connectivity index (χ0) is 33.2. The van der Waals surface area contributed by atoms with Crippen molar-refractivity contribution in [1.82, 2.24) is 14.9 Å². The Morgan fingerprint density at radius 3 is 2.64 bits per heavy atom. The molecule has 2 aliphatic heterocycles. The van der Waals surface area contributed by atoms with Crippen LogP contribution in [-0.2, 0) is 14.4 Å². The number of carbonyl (C=O) groups excluding carboxylic acids is 2. The highest BCUT2D eigenvalue weighted by Crippen LogP contribution is 2.40. The van der Waals surface area contributed by atoms with Gasteiger partial charge in [0.05, 0.1) is 49.0 Å². The minimum atomic E-state index is -0.332. The van der Waals surface area contributed by atoms with E-state index in [0.29, 0.717) is 47.5 Å². The number of hydroxylamine groups is 1. The van der Waals surface area contributed by atoms with Crippen molar-refractivity contribution in [2.75, 3.05) is 73.6 Å². The van der Waals surface area contributed by atoms with Crippen LogP contribution in [0.3, 0.4) is 0 Å². The Bertz CT molecular complexity index is 1540. The number of benzene rings is 2. The van der Waals surface area contributed by atoms with Gasteiger partial charge in [0.25, 0.3) is 0 Å². The fourth-order valence-electron chi connectivity index (χ4n) is 5.85. The minimum Gasteiger partial charge on any atom is -0.494 e. The number of piperazine rings is 1. The molecule has 3 heterocycles.